The van der Waals surface area contributed by atoms with Gasteiger partial charge in [0, 0.05) is 25.2 Å². The number of hydrogen-bond acceptors (Lipinski definition) is 3. The van der Waals surface area contributed by atoms with Gasteiger partial charge in [0.05, 0.1) is 11.7 Å². The van der Waals surface area contributed by atoms with Crippen molar-refractivity contribution in [1.82, 2.24) is 15.1 Å². The Morgan fingerprint density at radius 1 is 1.73 bits per heavy atom. The van der Waals surface area contributed by atoms with Crippen molar-refractivity contribution in [2.45, 2.75) is 31.8 Å². The van der Waals surface area contributed by atoms with Gasteiger partial charge in [-0.3, -0.25) is 9.89 Å². The molecule has 2 atom stereocenters. The van der Waals surface area contributed by atoms with E-state index in [1.54, 1.807) is 6.20 Å². The van der Waals surface area contributed by atoms with Gasteiger partial charge in [0.1, 0.15) is 0 Å². The van der Waals surface area contributed by atoms with E-state index in [-0.39, 0.29) is 18.0 Å². The fourth-order valence-electron chi connectivity index (χ4n) is 2.15. The third-order valence-corrected chi connectivity index (χ3v) is 2.78. The molecule has 0 aliphatic carbocycles. The monoisotopic (exact) mass is 208 g/mol. The number of nitrogens with zero attached hydrogens (tertiary/aromatic N) is 2. The Morgan fingerprint density at radius 3 is 3.13 bits per heavy atom. The van der Waals surface area contributed by atoms with E-state index >= 15 is 0 Å². The highest BCUT2D eigenvalue weighted by Gasteiger charge is 2.38. The highest BCUT2D eigenvalue weighted by atomic mass is 16.2. The minimum absolute atomic E-state index is 0.0278. The van der Waals surface area contributed by atoms with E-state index in [2.05, 4.69) is 17.1 Å². The summed E-state index contributed by atoms with van der Waals surface area (Å²) in [6.07, 6.45) is 3.07. The first kappa shape index (κ1) is 10.2. The summed E-state index contributed by atoms with van der Waals surface area (Å²) in [6, 6.07) is 1.73. The van der Waals surface area contributed by atoms with Crippen molar-refractivity contribution in [3.8, 4) is 0 Å². The largest absolute Gasteiger partial charge is 0.332 e. The summed E-state index contributed by atoms with van der Waals surface area (Å²) < 4.78 is 0. The van der Waals surface area contributed by atoms with Crippen LogP contribution in [0.2, 0.25) is 0 Å². The number of likely N-dealkylation sites (tertiary alicyclic amines) is 1. The average molecular weight is 208 g/mol. The zero-order valence-corrected chi connectivity index (χ0v) is 8.81. The van der Waals surface area contributed by atoms with Gasteiger partial charge in [0.25, 0.3) is 0 Å². The molecule has 82 valence electrons. The number of rotatable bonds is 3. The molecule has 3 N–H and O–H groups in total. The number of carbonyl (C=O) groups is 1. The highest BCUT2D eigenvalue weighted by Crippen LogP contribution is 2.30. The average Bonchev–Trinajstić information content (AvgIpc) is 2.77. The third-order valence-electron chi connectivity index (χ3n) is 2.78. The van der Waals surface area contributed by atoms with Gasteiger partial charge in [0.2, 0.25) is 5.91 Å². The lowest BCUT2D eigenvalue weighted by atomic mass is 10.1. The molecular weight excluding hydrogens is 192 g/mol. The van der Waals surface area contributed by atoms with E-state index in [0.717, 1.165) is 18.7 Å². The van der Waals surface area contributed by atoms with E-state index in [1.165, 1.54) is 0 Å². The molecule has 1 aromatic heterocycles. The van der Waals surface area contributed by atoms with E-state index in [9.17, 15) is 4.79 Å². The van der Waals surface area contributed by atoms with Crippen LogP contribution in [-0.2, 0) is 4.79 Å². The normalized spacial score (nSPS) is 26.3. The summed E-state index contributed by atoms with van der Waals surface area (Å²) in [7, 11) is 0. The summed E-state index contributed by atoms with van der Waals surface area (Å²) in [5, 5.41) is 6.80. The lowest BCUT2D eigenvalue weighted by Crippen LogP contribution is -2.33. The molecule has 5 heteroatoms. The second-order valence-corrected chi connectivity index (χ2v) is 3.91. The first-order chi connectivity index (χ1) is 7.24. The highest BCUT2D eigenvalue weighted by molar-refractivity contribution is 5.80. The smallest absolute Gasteiger partial charge is 0.224 e. The molecule has 1 saturated heterocycles. The minimum atomic E-state index is -0.121. The Morgan fingerprint density at radius 2 is 2.53 bits per heavy atom. The summed E-state index contributed by atoms with van der Waals surface area (Å²) in [5.74, 6) is 0.143. The molecule has 1 fully saturated rings. The first-order valence-corrected chi connectivity index (χ1v) is 5.28. The molecule has 2 unspecified atom stereocenters. The number of H-pyrrole nitrogens is 1. The van der Waals surface area contributed by atoms with Crippen LogP contribution in [0, 0.1) is 0 Å². The zero-order valence-electron chi connectivity index (χ0n) is 8.81. The number of hydrogen-bond donors (Lipinski definition) is 2. The van der Waals surface area contributed by atoms with Gasteiger partial charge >= 0.3 is 0 Å². The van der Waals surface area contributed by atoms with Gasteiger partial charge in [-0.25, -0.2) is 0 Å². The molecule has 1 aromatic rings. The maximum atomic E-state index is 11.7. The summed E-state index contributed by atoms with van der Waals surface area (Å²) in [4.78, 5) is 13.5. The van der Waals surface area contributed by atoms with Crippen molar-refractivity contribution in [2.24, 2.45) is 5.73 Å². The van der Waals surface area contributed by atoms with E-state index in [0.29, 0.717) is 6.42 Å². The zero-order chi connectivity index (χ0) is 10.8. The lowest BCUT2D eigenvalue weighted by molar-refractivity contribution is -0.129. The van der Waals surface area contributed by atoms with E-state index < -0.39 is 0 Å². The quantitative estimate of drug-likeness (QED) is 0.756. The molecule has 0 spiro atoms. The number of carbonyl (C=O) groups excluding carboxylic acids is 1. The lowest BCUT2D eigenvalue weighted by Gasteiger charge is -2.25. The molecule has 0 saturated carbocycles. The van der Waals surface area contributed by atoms with Crippen molar-refractivity contribution < 1.29 is 4.79 Å². The number of aromatic amines is 1. The maximum Gasteiger partial charge on any atom is 0.224 e. The first-order valence-electron chi connectivity index (χ1n) is 5.28. The molecule has 0 bridgehead atoms. The van der Waals surface area contributed by atoms with Crippen molar-refractivity contribution in [3.05, 3.63) is 18.0 Å². The van der Waals surface area contributed by atoms with E-state index in [1.807, 2.05) is 11.0 Å². The second kappa shape index (κ2) is 4.02. The molecule has 0 radical (unpaired) electrons. The minimum Gasteiger partial charge on any atom is -0.332 e. The van der Waals surface area contributed by atoms with Crippen LogP contribution in [-0.4, -0.2) is 33.6 Å². The summed E-state index contributed by atoms with van der Waals surface area (Å²) >= 11 is 0. The van der Waals surface area contributed by atoms with Crippen LogP contribution < -0.4 is 5.73 Å². The predicted molar refractivity (Wildman–Crippen MR) is 55.9 cm³/mol. The molecule has 5 nitrogen and oxygen atoms in total. The molecular formula is C10H16N4O. The SMILES string of the molecule is CCCN1C(=O)CC(N)C1c1ccn[nH]1. The standard InChI is InChI=1S/C10H16N4O/c1-2-5-14-9(15)6-7(11)10(14)8-3-4-12-13-8/h3-4,7,10H,2,5-6,11H2,1H3,(H,12,13). The molecule has 1 amide bonds. The third kappa shape index (κ3) is 1.74. The topological polar surface area (TPSA) is 75.0 Å². The van der Waals surface area contributed by atoms with Gasteiger partial charge in [-0.05, 0) is 12.5 Å². The molecule has 2 heterocycles. The Kier molecular flexibility index (Phi) is 2.73. The van der Waals surface area contributed by atoms with Crippen molar-refractivity contribution in [2.75, 3.05) is 6.54 Å². The Hall–Kier alpha value is -1.36. The fraction of sp³-hybridized carbons (Fsp3) is 0.600. The van der Waals surface area contributed by atoms with Crippen LogP contribution in [0.5, 0.6) is 0 Å². The van der Waals surface area contributed by atoms with Gasteiger partial charge in [0.15, 0.2) is 0 Å². The van der Waals surface area contributed by atoms with Gasteiger partial charge in [-0.2, -0.15) is 5.10 Å². The van der Waals surface area contributed by atoms with Crippen LogP contribution in [0.25, 0.3) is 0 Å². The van der Waals surface area contributed by atoms with Crippen LogP contribution in [0.1, 0.15) is 31.5 Å². The Bertz CT molecular complexity index is 335. The van der Waals surface area contributed by atoms with Gasteiger partial charge < -0.3 is 10.6 Å². The summed E-state index contributed by atoms with van der Waals surface area (Å²) in [5.41, 5.74) is 6.90. The molecule has 0 aromatic carbocycles. The molecule has 2 rings (SSSR count). The van der Waals surface area contributed by atoms with Crippen LogP contribution in [0.3, 0.4) is 0 Å². The number of nitrogens with two attached hydrogens (primary N) is 1. The number of aromatic nitrogens is 2. The molecule has 1 aliphatic rings. The maximum absolute atomic E-state index is 11.7. The van der Waals surface area contributed by atoms with Crippen molar-refractivity contribution in [3.63, 3.8) is 0 Å². The predicted octanol–water partition coefficient (Wildman–Crippen LogP) is 0.420. The van der Waals surface area contributed by atoms with Gasteiger partial charge in [-0.1, -0.05) is 6.92 Å². The molecule has 1 aliphatic heterocycles. The summed E-state index contributed by atoms with van der Waals surface area (Å²) in [6.45, 7) is 2.82. The van der Waals surface area contributed by atoms with Gasteiger partial charge in [-0.15, -0.1) is 0 Å². The number of nitrogens with one attached hydrogen (secondary N) is 1. The molecule has 15 heavy (non-hydrogen) atoms. The van der Waals surface area contributed by atoms with Crippen molar-refractivity contribution >= 4 is 5.91 Å². The van der Waals surface area contributed by atoms with Crippen LogP contribution in [0.15, 0.2) is 12.3 Å². The van der Waals surface area contributed by atoms with E-state index in [4.69, 9.17) is 5.73 Å². The van der Waals surface area contributed by atoms with Crippen LogP contribution >= 0.6 is 0 Å². The second-order valence-electron chi connectivity index (χ2n) is 3.91. The van der Waals surface area contributed by atoms with Crippen LogP contribution in [0.4, 0.5) is 0 Å². The Labute approximate surface area is 88.6 Å². The number of amides is 1. The van der Waals surface area contributed by atoms with Crippen molar-refractivity contribution in [1.29, 1.82) is 0 Å². The fourth-order valence-corrected chi connectivity index (χ4v) is 2.15. The Balaban J connectivity index is 2.23.